The van der Waals surface area contributed by atoms with Crippen LogP contribution in [-0.4, -0.2) is 36.2 Å². The van der Waals surface area contributed by atoms with E-state index >= 15 is 0 Å². The van der Waals surface area contributed by atoms with Crippen LogP contribution in [0.5, 0.6) is 0 Å². The van der Waals surface area contributed by atoms with Crippen LogP contribution in [0.1, 0.15) is 92.4 Å². The Kier molecular flexibility index (Phi) is 7.13. The lowest BCUT2D eigenvalue weighted by atomic mass is 9.81. The second-order valence-electron chi connectivity index (χ2n) is 11.4. The fourth-order valence-electron chi connectivity index (χ4n) is 5.86. The van der Waals surface area contributed by atoms with Gasteiger partial charge in [0.2, 0.25) is 5.91 Å². The van der Waals surface area contributed by atoms with Gasteiger partial charge in [0, 0.05) is 35.6 Å². The third-order valence-electron chi connectivity index (χ3n) is 7.69. The minimum absolute atomic E-state index is 0.149. The lowest BCUT2D eigenvalue weighted by Crippen LogP contribution is -2.45. The van der Waals surface area contributed by atoms with Gasteiger partial charge in [0.1, 0.15) is 0 Å². The largest absolute Gasteiger partial charge is 0.381 e. The van der Waals surface area contributed by atoms with Crippen molar-refractivity contribution in [2.75, 3.05) is 13.2 Å². The van der Waals surface area contributed by atoms with Crippen molar-refractivity contribution in [1.82, 2.24) is 10.6 Å². The Morgan fingerprint density at radius 1 is 0.964 bits per heavy atom. The minimum atomic E-state index is 0.149. The Bertz CT molecular complexity index is 515. The number of ether oxygens (including phenoxy) is 1. The van der Waals surface area contributed by atoms with Crippen LogP contribution in [0, 0.1) is 23.7 Å². The fraction of sp³-hybridized carbons (Fsp3) is 0.958. The monoisotopic (exact) mass is 392 g/mol. The Morgan fingerprint density at radius 2 is 1.61 bits per heavy atom. The van der Waals surface area contributed by atoms with E-state index in [4.69, 9.17) is 4.74 Å². The summed E-state index contributed by atoms with van der Waals surface area (Å²) in [4.78, 5) is 12.6. The van der Waals surface area contributed by atoms with Crippen molar-refractivity contribution >= 4 is 5.91 Å². The number of carbonyl (C=O) groups excluding carboxylic acids is 1. The normalized spacial score (nSPS) is 37.5. The lowest BCUT2D eigenvalue weighted by molar-refractivity contribution is -0.127. The highest BCUT2D eigenvalue weighted by atomic mass is 16.5. The molecule has 2 saturated carbocycles. The van der Waals surface area contributed by atoms with Gasteiger partial charge in [0.05, 0.1) is 6.61 Å². The Morgan fingerprint density at radius 3 is 2.18 bits per heavy atom. The molecule has 1 unspecified atom stereocenters. The zero-order valence-corrected chi connectivity index (χ0v) is 19.0. The van der Waals surface area contributed by atoms with Gasteiger partial charge in [-0.15, -0.1) is 0 Å². The highest BCUT2D eigenvalue weighted by Crippen LogP contribution is 2.36. The molecule has 2 N–H and O–H groups in total. The molecule has 4 nitrogen and oxygen atoms in total. The summed E-state index contributed by atoms with van der Waals surface area (Å²) in [5, 5.41) is 7.08. The summed E-state index contributed by atoms with van der Waals surface area (Å²) in [5.74, 6) is 2.59. The number of nitrogens with one attached hydrogen (secondary N) is 2. The summed E-state index contributed by atoms with van der Waals surface area (Å²) in [6.45, 7) is 13.2. The minimum Gasteiger partial charge on any atom is -0.381 e. The number of hydrogen-bond acceptors (Lipinski definition) is 3. The van der Waals surface area contributed by atoms with E-state index in [1.165, 1.54) is 32.1 Å². The van der Waals surface area contributed by atoms with Crippen molar-refractivity contribution < 1.29 is 9.53 Å². The first-order valence-electron chi connectivity index (χ1n) is 11.8. The number of hydrogen-bond donors (Lipinski definition) is 2. The molecule has 0 aromatic rings. The van der Waals surface area contributed by atoms with Gasteiger partial charge in [-0.05, 0) is 97.3 Å². The molecule has 162 valence electrons. The molecule has 1 aliphatic heterocycles. The fourth-order valence-corrected chi connectivity index (χ4v) is 5.86. The predicted molar refractivity (Wildman–Crippen MR) is 115 cm³/mol. The van der Waals surface area contributed by atoms with Crippen molar-refractivity contribution in [2.24, 2.45) is 23.7 Å². The van der Waals surface area contributed by atoms with E-state index in [1.807, 2.05) is 0 Å². The molecule has 0 bridgehead atoms. The molecular formula is C24H44N2O2. The van der Waals surface area contributed by atoms with E-state index in [9.17, 15) is 4.79 Å². The molecule has 0 spiro atoms. The van der Waals surface area contributed by atoms with Gasteiger partial charge in [-0.1, -0.05) is 6.92 Å². The second kappa shape index (κ2) is 9.04. The van der Waals surface area contributed by atoms with E-state index in [0.29, 0.717) is 23.8 Å². The standard InChI is InChI=1S/C24H44N2O2/c1-17-6-12-21(13-7-17)25-22(27)19-10-8-18(9-11-19)15-28-16-20-14-23(2,3)26-24(20,4)5/h17-21,26H,6-16H2,1-5H3,(H,25,27). The average Bonchev–Trinajstić information content (AvgIpc) is 2.84. The first-order chi connectivity index (χ1) is 13.1. The molecule has 1 atom stereocenters. The molecule has 1 saturated heterocycles. The van der Waals surface area contributed by atoms with Crippen molar-refractivity contribution in [1.29, 1.82) is 0 Å². The molecule has 3 aliphatic rings. The molecule has 0 aromatic heterocycles. The zero-order valence-electron chi connectivity index (χ0n) is 19.0. The maximum Gasteiger partial charge on any atom is 0.223 e. The molecule has 0 radical (unpaired) electrons. The van der Waals surface area contributed by atoms with Gasteiger partial charge in [-0.3, -0.25) is 4.79 Å². The van der Waals surface area contributed by atoms with E-state index in [-0.39, 0.29) is 17.0 Å². The first-order valence-corrected chi connectivity index (χ1v) is 11.8. The van der Waals surface area contributed by atoms with Crippen LogP contribution in [0.4, 0.5) is 0 Å². The summed E-state index contributed by atoms with van der Waals surface area (Å²) in [6.07, 6.45) is 10.4. The van der Waals surface area contributed by atoms with Gasteiger partial charge in [0.25, 0.3) is 0 Å². The summed E-state index contributed by atoms with van der Waals surface area (Å²) >= 11 is 0. The molecule has 1 heterocycles. The van der Waals surface area contributed by atoms with E-state index in [0.717, 1.165) is 44.8 Å². The van der Waals surface area contributed by atoms with Crippen LogP contribution >= 0.6 is 0 Å². The van der Waals surface area contributed by atoms with Gasteiger partial charge in [-0.25, -0.2) is 0 Å². The van der Waals surface area contributed by atoms with Crippen LogP contribution in [0.25, 0.3) is 0 Å². The predicted octanol–water partition coefficient (Wildman–Crippen LogP) is 4.67. The molecule has 2 aliphatic carbocycles. The molecule has 4 heteroatoms. The third-order valence-corrected chi connectivity index (χ3v) is 7.69. The van der Waals surface area contributed by atoms with Crippen LogP contribution in [0.15, 0.2) is 0 Å². The van der Waals surface area contributed by atoms with Gasteiger partial charge in [0.15, 0.2) is 0 Å². The molecular weight excluding hydrogens is 348 g/mol. The molecule has 28 heavy (non-hydrogen) atoms. The van der Waals surface area contributed by atoms with E-state index in [1.54, 1.807) is 0 Å². The van der Waals surface area contributed by atoms with E-state index < -0.39 is 0 Å². The number of rotatable bonds is 6. The summed E-state index contributed by atoms with van der Waals surface area (Å²) in [5.41, 5.74) is 0.357. The van der Waals surface area contributed by atoms with Gasteiger partial charge in [-0.2, -0.15) is 0 Å². The van der Waals surface area contributed by atoms with Crippen molar-refractivity contribution in [3.63, 3.8) is 0 Å². The smallest absolute Gasteiger partial charge is 0.223 e. The van der Waals surface area contributed by atoms with E-state index in [2.05, 4.69) is 45.3 Å². The van der Waals surface area contributed by atoms with Crippen molar-refractivity contribution in [3.05, 3.63) is 0 Å². The molecule has 3 fully saturated rings. The number of carbonyl (C=O) groups is 1. The topological polar surface area (TPSA) is 50.4 Å². The van der Waals surface area contributed by atoms with Crippen LogP contribution in [0.3, 0.4) is 0 Å². The van der Waals surface area contributed by atoms with Gasteiger partial charge < -0.3 is 15.4 Å². The molecule has 1 amide bonds. The Hall–Kier alpha value is -0.610. The van der Waals surface area contributed by atoms with Crippen LogP contribution in [0.2, 0.25) is 0 Å². The maximum absolute atomic E-state index is 12.6. The van der Waals surface area contributed by atoms with Crippen LogP contribution in [-0.2, 0) is 9.53 Å². The summed E-state index contributed by atoms with van der Waals surface area (Å²) in [6, 6.07) is 0.428. The number of amides is 1. The quantitative estimate of drug-likeness (QED) is 0.690. The van der Waals surface area contributed by atoms with Crippen LogP contribution < -0.4 is 10.6 Å². The lowest BCUT2D eigenvalue weighted by Gasteiger charge is -2.32. The van der Waals surface area contributed by atoms with Crippen molar-refractivity contribution in [3.8, 4) is 0 Å². The van der Waals surface area contributed by atoms with Crippen molar-refractivity contribution in [2.45, 2.75) is 110 Å². The van der Waals surface area contributed by atoms with Gasteiger partial charge >= 0.3 is 0 Å². The molecule has 0 aromatic carbocycles. The highest BCUT2D eigenvalue weighted by molar-refractivity contribution is 5.79. The second-order valence-corrected chi connectivity index (χ2v) is 11.4. The molecule has 3 rings (SSSR count). The summed E-state index contributed by atoms with van der Waals surface area (Å²) in [7, 11) is 0. The SMILES string of the molecule is CC1CCC(NC(=O)C2CCC(COCC3CC(C)(C)NC3(C)C)CC2)CC1. The Labute approximate surface area is 172 Å². The highest BCUT2D eigenvalue weighted by Gasteiger charge is 2.44. The third kappa shape index (κ3) is 5.95. The Balaban J connectivity index is 1.32. The summed E-state index contributed by atoms with van der Waals surface area (Å²) < 4.78 is 6.17. The zero-order chi connectivity index (χ0) is 20.4. The average molecular weight is 393 g/mol. The first kappa shape index (κ1) is 22.1. The maximum atomic E-state index is 12.6.